The van der Waals surface area contributed by atoms with Crippen LogP contribution in [-0.2, 0) is 15.6 Å². The van der Waals surface area contributed by atoms with E-state index in [-0.39, 0.29) is 16.9 Å². The van der Waals surface area contributed by atoms with Crippen LogP contribution in [0, 0.1) is 0 Å². The van der Waals surface area contributed by atoms with E-state index in [0.717, 1.165) is 11.3 Å². The van der Waals surface area contributed by atoms with E-state index in [4.69, 9.17) is 4.74 Å². The summed E-state index contributed by atoms with van der Waals surface area (Å²) < 4.78 is 7.16. The Morgan fingerprint density at radius 2 is 1.35 bits per heavy atom. The van der Waals surface area contributed by atoms with Gasteiger partial charge in [-0.1, -0.05) is 47.6 Å². The second kappa shape index (κ2) is 6.61. The smallest absolute Gasteiger partial charge is 0.418 e. The Bertz CT molecular complexity index is 761. The molecule has 0 atom stereocenters. The van der Waals surface area contributed by atoms with Crippen molar-refractivity contribution in [3.8, 4) is 11.3 Å². The molecule has 0 aliphatic rings. The molecule has 0 spiro atoms. The molecule has 1 aromatic heterocycles. The van der Waals surface area contributed by atoms with Gasteiger partial charge in [-0.3, -0.25) is 4.57 Å². The third-order valence-corrected chi connectivity index (χ3v) is 4.30. The Morgan fingerprint density at radius 3 is 1.77 bits per heavy atom. The highest BCUT2D eigenvalue weighted by Gasteiger charge is 2.23. The van der Waals surface area contributed by atoms with E-state index in [2.05, 4.69) is 59.7 Å². The van der Waals surface area contributed by atoms with Gasteiger partial charge < -0.3 is 4.74 Å². The van der Waals surface area contributed by atoms with Crippen molar-refractivity contribution in [2.75, 3.05) is 0 Å². The highest BCUT2D eigenvalue weighted by atomic mass is 16.6. The molecule has 0 fully saturated rings. The topological polar surface area (TPSA) is 31.2 Å². The summed E-state index contributed by atoms with van der Waals surface area (Å²) in [5.74, 6) is 0. The van der Waals surface area contributed by atoms with Crippen LogP contribution in [-0.4, -0.2) is 16.3 Å². The van der Waals surface area contributed by atoms with Crippen LogP contribution < -0.4 is 0 Å². The maximum Gasteiger partial charge on any atom is 0.418 e. The first-order chi connectivity index (χ1) is 11.7. The summed E-state index contributed by atoms with van der Waals surface area (Å²) in [5, 5.41) is 0. The number of rotatable bonds is 1. The van der Waals surface area contributed by atoms with Gasteiger partial charge in [-0.05, 0) is 72.6 Å². The van der Waals surface area contributed by atoms with Gasteiger partial charge >= 0.3 is 6.09 Å². The van der Waals surface area contributed by atoms with E-state index in [0.29, 0.717) is 0 Å². The van der Waals surface area contributed by atoms with E-state index in [1.165, 1.54) is 11.1 Å². The average Bonchev–Trinajstić information content (AvgIpc) is 2.92. The lowest BCUT2D eigenvalue weighted by atomic mass is 9.79. The number of carbonyl (C=O) groups is 1. The van der Waals surface area contributed by atoms with E-state index in [9.17, 15) is 4.79 Å². The minimum absolute atomic E-state index is 0.0271. The van der Waals surface area contributed by atoms with Crippen LogP contribution in [0.4, 0.5) is 4.79 Å². The molecule has 0 N–H and O–H groups in total. The Hall–Kier alpha value is -2.03. The highest BCUT2D eigenvalue weighted by Crippen LogP contribution is 2.34. The largest absolute Gasteiger partial charge is 0.443 e. The normalized spacial score (nSPS) is 13.0. The zero-order valence-electron chi connectivity index (χ0n) is 17.7. The molecule has 1 aromatic carbocycles. The predicted molar refractivity (Wildman–Crippen MR) is 109 cm³/mol. The van der Waals surface area contributed by atoms with Gasteiger partial charge in [-0.25, -0.2) is 4.79 Å². The molecule has 142 valence electrons. The summed E-state index contributed by atoms with van der Waals surface area (Å²) in [5.41, 5.74) is 3.95. The molecule has 1 heterocycles. The molecule has 3 nitrogen and oxygen atoms in total. The Morgan fingerprint density at radius 1 is 0.846 bits per heavy atom. The van der Waals surface area contributed by atoms with Crippen LogP contribution in [0.25, 0.3) is 11.3 Å². The minimum Gasteiger partial charge on any atom is -0.443 e. The summed E-state index contributed by atoms with van der Waals surface area (Å²) in [4.78, 5) is 12.6. The van der Waals surface area contributed by atoms with Gasteiger partial charge in [0.1, 0.15) is 5.60 Å². The molecule has 26 heavy (non-hydrogen) atoms. The number of ether oxygens (including phenoxy) is 1. The number of hydrogen-bond donors (Lipinski definition) is 0. The monoisotopic (exact) mass is 355 g/mol. The third kappa shape index (κ3) is 4.78. The lowest BCUT2D eigenvalue weighted by Crippen LogP contribution is -2.27. The number of benzene rings is 1. The van der Waals surface area contributed by atoms with Crippen molar-refractivity contribution in [1.82, 2.24) is 4.57 Å². The van der Waals surface area contributed by atoms with Crippen LogP contribution in [0.1, 0.15) is 73.4 Å². The predicted octanol–water partition coefficient (Wildman–Crippen LogP) is 6.53. The first-order valence-electron chi connectivity index (χ1n) is 9.26. The van der Waals surface area contributed by atoms with E-state index in [1.807, 2.05) is 32.9 Å². The molecule has 0 saturated carbocycles. The lowest BCUT2D eigenvalue weighted by molar-refractivity contribution is 0.0540. The first kappa shape index (κ1) is 20.3. The number of hydrogen-bond acceptors (Lipinski definition) is 2. The van der Waals surface area contributed by atoms with Gasteiger partial charge in [0.05, 0.1) is 5.69 Å². The highest BCUT2D eigenvalue weighted by molar-refractivity contribution is 5.79. The van der Waals surface area contributed by atoms with Crippen molar-refractivity contribution < 1.29 is 9.53 Å². The number of aromatic nitrogens is 1. The molecule has 0 unspecified atom stereocenters. The fourth-order valence-corrected chi connectivity index (χ4v) is 2.73. The molecule has 2 aromatic rings. The van der Waals surface area contributed by atoms with Crippen molar-refractivity contribution in [1.29, 1.82) is 0 Å². The fourth-order valence-electron chi connectivity index (χ4n) is 2.73. The van der Waals surface area contributed by atoms with Crippen LogP contribution >= 0.6 is 0 Å². The zero-order chi connectivity index (χ0) is 19.9. The van der Waals surface area contributed by atoms with Crippen molar-refractivity contribution in [3.63, 3.8) is 0 Å². The van der Waals surface area contributed by atoms with Gasteiger partial charge in [0.2, 0.25) is 0 Å². The van der Waals surface area contributed by atoms with Crippen LogP contribution in [0.2, 0.25) is 0 Å². The van der Waals surface area contributed by atoms with Gasteiger partial charge in [-0.15, -0.1) is 0 Å². The van der Waals surface area contributed by atoms with Crippen molar-refractivity contribution >= 4 is 6.09 Å². The molecular weight excluding hydrogens is 322 g/mol. The SMILES string of the molecule is CC(C)(C)OC(=O)n1cccc1-c1cc(C(C)(C)C)cc(C(C)(C)C)c1. The van der Waals surface area contributed by atoms with Crippen molar-refractivity contribution in [3.05, 3.63) is 47.7 Å². The van der Waals surface area contributed by atoms with Crippen LogP contribution in [0.15, 0.2) is 36.5 Å². The van der Waals surface area contributed by atoms with Crippen molar-refractivity contribution in [2.45, 2.75) is 78.7 Å². The summed E-state index contributed by atoms with van der Waals surface area (Å²) >= 11 is 0. The summed E-state index contributed by atoms with van der Waals surface area (Å²) in [6, 6.07) is 10.5. The molecule has 3 heteroatoms. The maximum absolute atomic E-state index is 12.6. The number of carbonyl (C=O) groups excluding carboxylic acids is 1. The summed E-state index contributed by atoms with van der Waals surface area (Å²) in [6.07, 6.45) is 1.42. The van der Waals surface area contributed by atoms with Crippen LogP contribution in [0.5, 0.6) is 0 Å². The van der Waals surface area contributed by atoms with Gasteiger partial charge in [0.15, 0.2) is 0 Å². The van der Waals surface area contributed by atoms with Crippen molar-refractivity contribution in [2.24, 2.45) is 0 Å². The fraction of sp³-hybridized carbons (Fsp3) is 0.522. The third-order valence-electron chi connectivity index (χ3n) is 4.30. The number of nitrogens with zero attached hydrogens (tertiary/aromatic N) is 1. The molecule has 0 saturated heterocycles. The van der Waals surface area contributed by atoms with E-state index in [1.54, 1.807) is 10.8 Å². The van der Waals surface area contributed by atoms with Gasteiger partial charge in [-0.2, -0.15) is 0 Å². The molecule has 0 aliphatic carbocycles. The second-order valence-corrected chi connectivity index (χ2v) is 10.0. The maximum atomic E-state index is 12.6. The molecular formula is C23H33NO2. The summed E-state index contributed by atoms with van der Waals surface area (Å²) in [6.45, 7) is 18.9. The molecule has 0 amide bonds. The van der Waals surface area contributed by atoms with Gasteiger partial charge in [0, 0.05) is 6.20 Å². The zero-order valence-corrected chi connectivity index (χ0v) is 17.7. The van der Waals surface area contributed by atoms with E-state index < -0.39 is 5.60 Å². The van der Waals surface area contributed by atoms with E-state index >= 15 is 0 Å². The first-order valence-corrected chi connectivity index (χ1v) is 9.26. The van der Waals surface area contributed by atoms with Crippen LogP contribution in [0.3, 0.4) is 0 Å². The summed E-state index contributed by atoms with van der Waals surface area (Å²) in [7, 11) is 0. The molecule has 0 bridgehead atoms. The molecule has 0 aliphatic heterocycles. The second-order valence-electron chi connectivity index (χ2n) is 10.0. The quantitative estimate of drug-likeness (QED) is 0.582. The lowest BCUT2D eigenvalue weighted by Gasteiger charge is -2.26. The molecule has 0 radical (unpaired) electrons. The molecule has 2 rings (SSSR count). The van der Waals surface area contributed by atoms with Gasteiger partial charge in [0.25, 0.3) is 0 Å². The Labute approximate surface area is 158 Å². The minimum atomic E-state index is -0.525. The Balaban J connectivity index is 2.60. The average molecular weight is 356 g/mol. The Kier molecular flexibility index (Phi) is 5.15. The standard InChI is InChI=1S/C23H33NO2/c1-21(2,3)17-13-16(14-18(15-17)22(4,5)6)19-11-10-12-24(19)20(25)26-23(7,8)9/h10-15H,1-9H3.